The second-order valence-corrected chi connectivity index (χ2v) is 4.67. The van der Waals surface area contributed by atoms with Crippen LogP contribution in [0.3, 0.4) is 0 Å². The van der Waals surface area contributed by atoms with Gasteiger partial charge in [-0.2, -0.15) is 0 Å². The zero-order chi connectivity index (χ0) is 15.0. The van der Waals surface area contributed by atoms with Crippen molar-refractivity contribution in [1.29, 1.82) is 0 Å². The Morgan fingerprint density at radius 1 is 1.50 bits per heavy atom. The number of aryl methyl sites for hydroxylation is 1. The summed E-state index contributed by atoms with van der Waals surface area (Å²) in [7, 11) is 0. The fourth-order valence-electron chi connectivity index (χ4n) is 2.02. The van der Waals surface area contributed by atoms with Crippen LogP contribution in [0, 0.1) is 12.7 Å². The number of nitrogens with one attached hydrogen (secondary N) is 1. The molecule has 1 aromatic rings. The van der Waals surface area contributed by atoms with E-state index in [0.29, 0.717) is 25.1 Å². The minimum atomic E-state index is -0.276. The van der Waals surface area contributed by atoms with Gasteiger partial charge >= 0.3 is 5.97 Å². The van der Waals surface area contributed by atoms with Crippen LogP contribution in [-0.4, -0.2) is 36.9 Å². The molecule has 0 bridgehead atoms. The minimum Gasteiger partial charge on any atom is -0.466 e. The lowest BCUT2D eigenvalue weighted by Crippen LogP contribution is -2.35. The summed E-state index contributed by atoms with van der Waals surface area (Å²) in [5.41, 5.74) is 1.53. The number of carbonyl (C=O) groups excluding carboxylic acids is 1. The molecule has 0 heterocycles. The number of hydrogen-bond acceptors (Lipinski definition) is 4. The van der Waals surface area contributed by atoms with Gasteiger partial charge in [-0.25, -0.2) is 4.39 Å². The molecular weight excluding hydrogens is 261 g/mol. The van der Waals surface area contributed by atoms with Crippen molar-refractivity contribution in [3.05, 3.63) is 35.1 Å². The zero-order valence-corrected chi connectivity index (χ0v) is 12.0. The number of carbonyl (C=O) groups is 1. The van der Waals surface area contributed by atoms with E-state index in [1.807, 2.05) is 0 Å². The van der Waals surface area contributed by atoms with Gasteiger partial charge in [-0.1, -0.05) is 12.1 Å². The molecular formula is C15H22FNO3. The second-order valence-electron chi connectivity index (χ2n) is 4.67. The third-order valence-corrected chi connectivity index (χ3v) is 2.97. The van der Waals surface area contributed by atoms with Crippen LogP contribution in [0.15, 0.2) is 18.2 Å². The second kappa shape index (κ2) is 8.66. The Bertz CT molecular complexity index is 437. The highest BCUT2D eigenvalue weighted by molar-refractivity contribution is 5.70. The van der Waals surface area contributed by atoms with Crippen molar-refractivity contribution in [2.75, 3.05) is 19.8 Å². The van der Waals surface area contributed by atoms with E-state index < -0.39 is 0 Å². The van der Waals surface area contributed by atoms with Crippen molar-refractivity contribution in [2.24, 2.45) is 0 Å². The summed E-state index contributed by atoms with van der Waals surface area (Å²) >= 11 is 0. The third kappa shape index (κ3) is 5.67. The number of rotatable bonds is 8. The highest BCUT2D eigenvalue weighted by Gasteiger charge is 2.15. The lowest BCUT2D eigenvalue weighted by molar-refractivity contribution is -0.143. The standard InChI is InChI=1S/C15H22FNO3/c1-3-20-15(19)10-13(17-6-7-18)9-12-4-5-14(16)11(2)8-12/h4-5,8,13,17-18H,3,6-7,9-10H2,1-2H3. The average molecular weight is 283 g/mol. The number of aliphatic hydroxyl groups is 1. The van der Waals surface area contributed by atoms with E-state index in [2.05, 4.69) is 5.32 Å². The van der Waals surface area contributed by atoms with Gasteiger partial charge in [-0.05, 0) is 37.5 Å². The van der Waals surface area contributed by atoms with Gasteiger partial charge in [0.1, 0.15) is 5.82 Å². The smallest absolute Gasteiger partial charge is 0.307 e. The first-order valence-corrected chi connectivity index (χ1v) is 6.81. The molecule has 20 heavy (non-hydrogen) atoms. The molecule has 1 aromatic carbocycles. The molecule has 1 unspecified atom stereocenters. The highest BCUT2D eigenvalue weighted by atomic mass is 19.1. The number of halogens is 1. The van der Waals surface area contributed by atoms with Gasteiger partial charge in [-0.3, -0.25) is 4.79 Å². The molecule has 0 aliphatic heterocycles. The molecule has 2 N–H and O–H groups in total. The van der Waals surface area contributed by atoms with E-state index in [1.165, 1.54) is 6.07 Å². The predicted molar refractivity (Wildman–Crippen MR) is 75.0 cm³/mol. The SMILES string of the molecule is CCOC(=O)CC(Cc1ccc(F)c(C)c1)NCCO. The lowest BCUT2D eigenvalue weighted by atomic mass is 10.0. The minimum absolute atomic E-state index is 0.00176. The topological polar surface area (TPSA) is 58.6 Å². The summed E-state index contributed by atoms with van der Waals surface area (Å²) in [5.74, 6) is -0.513. The van der Waals surface area contributed by atoms with Crippen LogP contribution < -0.4 is 5.32 Å². The fourth-order valence-corrected chi connectivity index (χ4v) is 2.02. The maximum atomic E-state index is 13.2. The van der Waals surface area contributed by atoms with Gasteiger partial charge in [0, 0.05) is 12.6 Å². The molecule has 112 valence electrons. The Hall–Kier alpha value is -1.46. The summed E-state index contributed by atoms with van der Waals surface area (Å²) < 4.78 is 18.2. The predicted octanol–water partition coefficient (Wildman–Crippen LogP) is 1.58. The van der Waals surface area contributed by atoms with Gasteiger partial charge in [0.2, 0.25) is 0 Å². The molecule has 1 rings (SSSR count). The van der Waals surface area contributed by atoms with E-state index in [4.69, 9.17) is 9.84 Å². The van der Waals surface area contributed by atoms with Crippen LogP contribution in [-0.2, 0) is 16.0 Å². The Morgan fingerprint density at radius 2 is 2.25 bits per heavy atom. The monoisotopic (exact) mass is 283 g/mol. The van der Waals surface area contributed by atoms with E-state index in [9.17, 15) is 9.18 Å². The molecule has 0 saturated heterocycles. The number of benzene rings is 1. The van der Waals surface area contributed by atoms with Crippen LogP contribution in [0.4, 0.5) is 4.39 Å². The Balaban J connectivity index is 2.67. The summed E-state index contributed by atoms with van der Waals surface area (Å²) in [6.07, 6.45) is 0.810. The molecule has 0 saturated carbocycles. The fraction of sp³-hybridized carbons (Fsp3) is 0.533. The van der Waals surface area contributed by atoms with Crippen molar-refractivity contribution in [3.8, 4) is 0 Å². The van der Waals surface area contributed by atoms with Gasteiger partial charge in [-0.15, -0.1) is 0 Å². The summed E-state index contributed by atoms with van der Waals surface area (Å²) in [5, 5.41) is 12.0. The van der Waals surface area contributed by atoms with Crippen molar-refractivity contribution in [2.45, 2.75) is 32.7 Å². The highest BCUT2D eigenvalue weighted by Crippen LogP contribution is 2.12. The van der Waals surface area contributed by atoms with Crippen LogP contribution in [0.5, 0.6) is 0 Å². The number of aliphatic hydroxyl groups excluding tert-OH is 1. The van der Waals surface area contributed by atoms with E-state index in [-0.39, 0.29) is 30.9 Å². The molecule has 0 fully saturated rings. The zero-order valence-electron chi connectivity index (χ0n) is 12.0. The van der Waals surface area contributed by atoms with Crippen molar-refractivity contribution < 1.29 is 19.0 Å². The summed E-state index contributed by atoms with van der Waals surface area (Å²) in [6, 6.07) is 4.78. The number of hydrogen-bond donors (Lipinski definition) is 2. The van der Waals surface area contributed by atoms with Crippen molar-refractivity contribution in [3.63, 3.8) is 0 Å². The molecule has 0 aliphatic rings. The van der Waals surface area contributed by atoms with Crippen molar-refractivity contribution >= 4 is 5.97 Å². The largest absolute Gasteiger partial charge is 0.466 e. The Labute approximate surface area is 119 Å². The molecule has 5 heteroatoms. The lowest BCUT2D eigenvalue weighted by Gasteiger charge is -2.18. The molecule has 1 atom stereocenters. The average Bonchev–Trinajstić information content (AvgIpc) is 2.40. The quantitative estimate of drug-likeness (QED) is 0.711. The first-order chi connectivity index (χ1) is 9.56. The van der Waals surface area contributed by atoms with Gasteiger partial charge in [0.25, 0.3) is 0 Å². The molecule has 4 nitrogen and oxygen atoms in total. The molecule has 0 aromatic heterocycles. The number of ether oxygens (including phenoxy) is 1. The van der Waals surface area contributed by atoms with Gasteiger partial charge in [0.05, 0.1) is 19.6 Å². The van der Waals surface area contributed by atoms with Crippen LogP contribution >= 0.6 is 0 Å². The van der Waals surface area contributed by atoms with E-state index in [0.717, 1.165) is 5.56 Å². The molecule has 0 aliphatic carbocycles. The Morgan fingerprint density at radius 3 is 2.85 bits per heavy atom. The Kier molecular flexibility index (Phi) is 7.18. The molecule has 0 radical (unpaired) electrons. The van der Waals surface area contributed by atoms with Gasteiger partial charge in [0.15, 0.2) is 0 Å². The maximum Gasteiger partial charge on any atom is 0.307 e. The van der Waals surface area contributed by atoms with E-state index in [1.54, 1.807) is 26.0 Å². The normalized spacial score (nSPS) is 12.2. The van der Waals surface area contributed by atoms with Crippen LogP contribution in [0.1, 0.15) is 24.5 Å². The summed E-state index contributed by atoms with van der Waals surface area (Å²) in [6.45, 7) is 4.23. The summed E-state index contributed by atoms with van der Waals surface area (Å²) in [4.78, 5) is 11.5. The van der Waals surface area contributed by atoms with Crippen LogP contribution in [0.2, 0.25) is 0 Å². The molecule has 0 spiro atoms. The van der Waals surface area contributed by atoms with Crippen molar-refractivity contribution in [1.82, 2.24) is 5.32 Å². The maximum absolute atomic E-state index is 13.2. The van der Waals surface area contributed by atoms with Crippen LogP contribution in [0.25, 0.3) is 0 Å². The first-order valence-electron chi connectivity index (χ1n) is 6.81. The van der Waals surface area contributed by atoms with Gasteiger partial charge < -0.3 is 15.2 Å². The van der Waals surface area contributed by atoms with E-state index >= 15 is 0 Å². The first kappa shape index (κ1) is 16.6. The number of esters is 1. The molecule has 0 amide bonds. The third-order valence-electron chi connectivity index (χ3n) is 2.97.